The van der Waals surface area contributed by atoms with E-state index in [0.29, 0.717) is 17.8 Å². The van der Waals surface area contributed by atoms with Crippen LogP contribution in [0.5, 0.6) is 5.75 Å². The minimum atomic E-state index is -0.207. The van der Waals surface area contributed by atoms with Crippen molar-refractivity contribution >= 4 is 17.3 Å². The summed E-state index contributed by atoms with van der Waals surface area (Å²) < 4.78 is 5.11. The topological polar surface area (TPSA) is 63.2 Å². The van der Waals surface area contributed by atoms with Crippen LogP contribution in [0.1, 0.15) is 21.5 Å². The van der Waals surface area contributed by atoms with Crippen molar-refractivity contribution in [3.63, 3.8) is 0 Å². The largest absolute Gasteiger partial charge is 0.497 e. The van der Waals surface area contributed by atoms with Crippen LogP contribution in [0.2, 0.25) is 0 Å². The van der Waals surface area contributed by atoms with Crippen LogP contribution in [0.25, 0.3) is 0 Å². The van der Waals surface area contributed by atoms with Gasteiger partial charge in [-0.25, -0.2) is 0 Å². The minimum absolute atomic E-state index is 0.207. The highest BCUT2D eigenvalue weighted by atomic mass is 16.5. The van der Waals surface area contributed by atoms with Gasteiger partial charge in [0.2, 0.25) is 0 Å². The van der Waals surface area contributed by atoms with E-state index in [1.807, 2.05) is 0 Å². The molecule has 0 bridgehead atoms. The molecule has 0 saturated carbocycles. The summed E-state index contributed by atoms with van der Waals surface area (Å²) in [6, 6.07) is 17.3. The van der Waals surface area contributed by atoms with E-state index in [2.05, 4.69) is 46.8 Å². The van der Waals surface area contributed by atoms with Crippen molar-refractivity contribution in [2.75, 3.05) is 17.7 Å². The highest BCUT2D eigenvalue weighted by molar-refractivity contribution is 6.04. The number of aryl methyl sites for hydroxylation is 1. The highest BCUT2D eigenvalue weighted by Gasteiger charge is 2.08. The zero-order valence-electron chi connectivity index (χ0n) is 14.8. The van der Waals surface area contributed by atoms with Crippen LogP contribution in [-0.2, 0) is 6.54 Å². The number of carbonyl (C=O) groups excluding carboxylic acids is 1. The van der Waals surface area contributed by atoms with Crippen LogP contribution >= 0.6 is 0 Å². The maximum atomic E-state index is 12.4. The molecule has 0 spiro atoms. The van der Waals surface area contributed by atoms with Crippen molar-refractivity contribution in [3.8, 4) is 5.75 Å². The molecule has 2 aromatic carbocycles. The number of pyridine rings is 1. The van der Waals surface area contributed by atoms with Crippen LogP contribution < -0.4 is 15.4 Å². The summed E-state index contributed by atoms with van der Waals surface area (Å²) in [6.45, 7) is 2.73. The lowest BCUT2D eigenvalue weighted by molar-refractivity contribution is 0.102. The Bertz CT molecular complexity index is 875. The molecule has 3 aromatic rings. The van der Waals surface area contributed by atoms with Crippen molar-refractivity contribution in [2.24, 2.45) is 0 Å². The third-order valence-electron chi connectivity index (χ3n) is 3.97. The van der Waals surface area contributed by atoms with E-state index in [0.717, 1.165) is 11.4 Å². The molecule has 1 aromatic heterocycles. The van der Waals surface area contributed by atoms with E-state index in [1.165, 1.54) is 11.1 Å². The first-order valence-corrected chi connectivity index (χ1v) is 8.34. The van der Waals surface area contributed by atoms with Crippen molar-refractivity contribution in [1.29, 1.82) is 0 Å². The molecule has 1 amide bonds. The SMILES string of the molecule is COc1ccc(NC(=O)c2cncc(NCc3ccc(C)cc3)c2)cc1. The van der Waals surface area contributed by atoms with Crippen molar-refractivity contribution in [1.82, 2.24) is 4.98 Å². The molecule has 5 heteroatoms. The van der Waals surface area contributed by atoms with Gasteiger partial charge < -0.3 is 15.4 Å². The molecule has 0 aliphatic rings. The van der Waals surface area contributed by atoms with Gasteiger partial charge in [0.1, 0.15) is 5.75 Å². The smallest absolute Gasteiger partial charge is 0.257 e. The molecule has 0 aliphatic heterocycles. The summed E-state index contributed by atoms with van der Waals surface area (Å²) in [5, 5.41) is 6.15. The first-order chi connectivity index (χ1) is 12.6. The van der Waals surface area contributed by atoms with Gasteiger partial charge in [-0.3, -0.25) is 9.78 Å². The zero-order chi connectivity index (χ0) is 18.4. The number of hydrogen-bond donors (Lipinski definition) is 2. The number of amides is 1. The minimum Gasteiger partial charge on any atom is -0.497 e. The van der Waals surface area contributed by atoms with Gasteiger partial charge in [0, 0.05) is 24.6 Å². The summed E-state index contributed by atoms with van der Waals surface area (Å²) in [6.07, 6.45) is 3.26. The first kappa shape index (κ1) is 17.5. The van der Waals surface area contributed by atoms with Crippen molar-refractivity contribution in [3.05, 3.63) is 83.7 Å². The van der Waals surface area contributed by atoms with E-state index < -0.39 is 0 Å². The van der Waals surface area contributed by atoms with Crippen molar-refractivity contribution in [2.45, 2.75) is 13.5 Å². The second-order valence-corrected chi connectivity index (χ2v) is 5.98. The summed E-state index contributed by atoms with van der Waals surface area (Å²) in [4.78, 5) is 16.6. The number of carbonyl (C=O) groups is 1. The Hall–Kier alpha value is -3.34. The Morgan fingerprint density at radius 3 is 2.42 bits per heavy atom. The second-order valence-electron chi connectivity index (χ2n) is 5.98. The predicted octanol–water partition coefficient (Wildman–Crippen LogP) is 4.26. The molecular weight excluding hydrogens is 326 g/mol. The summed E-state index contributed by atoms with van der Waals surface area (Å²) in [5.41, 5.74) is 4.40. The van der Waals surface area contributed by atoms with Gasteiger partial charge >= 0.3 is 0 Å². The summed E-state index contributed by atoms with van der Waals surface area (Å²) in [5.74, 6) is 0.536. The third-order valence-corrected chi connectivity index (χ3v) is 3.97. The molecule has 1 heterocycles. The molecular formula is C21H21N3O2. The number of benzene rings is 2. The van der Waals surface area contributed by atoms with E-state index >= 15 is 0 Å². The van der Waals surface area contributed by atoms with Gasteiger partial charge in [0.05, 0.1) is 18.4 Å². The Morgan fingerprint density at radius 2 is 1.73 bits per heavy atom. The molecule has 0 unspecified atom stereocenters. The van der Waals surface area contributed by atoms with Crippen LogP contribution in [0.4, 0.5) is 11.4 Å². The summed E-state index contributed by atoms with van der Waals surface area (Å²) in [7, 11) is 1.61. The van der Waals surface area contributed by atoms with Crippen LogP contribution in [-0.4, -0.2) is 18.0 Å². The van der Waals surface area contributed by atoms with Gasteiger partial charge in [-0.2, -0.15) is 0 Å². The standard InChI is InChI=1S/C21H21N3O2/c1-15-3-5-16(6-4-15)12-23-19-11-17(13-22-14-19)21(25)24-18-7-9-20(26-2)10-8-18/h3-11,13-14,23H,12H2,1-2H3,(H,24,25). The number of methoxy groups -OCH3 is 1. The highest BCUT2D eigenvalue weighted by Crippen LogP contribution is 2.17. The van der Waals surface area contributed by atoms with E-state index in [9.17, 15) is 4.79 Å². The average Bonchev–Trinajstić information content (AvgIpc) is 2.68. The van der Waals surface area contributed by atoms with Gasteiger partial charge in [-0.15, -0.1) is 0 Å². The quantitative estimate of drug-likeness (QED) is 0.699. The number of rotatable bonds is 6. The molecule has 0 fully saturated rings. The number of anilines is 2. The maximum Gasteiger partial charge on any atom is 0.257 e. The fourth-order valence-corrected chi connectivity index (χ4v) is 2.45. The van der Waals surface area contributed by atoms with Gasteiger partial charge in [0.25, 0.3) is 5.91 Å². The number of hydrogen-bond acceptors (Lipinski definition) is 4. The molecule has 26 heavy (non-hydrogen) atoms. The Labute approximate surface area is 153 Å². The zero-order valence-corrected chi connectivity index (χ0v) is 14.8. The van der Waals surface area contributed by atoms with Gasteiger partial charge in [-0.05, 0) is 42.8 Å². The van der Waals surface area contributed by atoms with Crippen LogP contribution in [0, 0.1) is 6.92 Å². The molecule has 3 rings (SSSR count). The Balaban J connectivity index is 1.63. The lowest BCUT2D eigenvalue weighted by atomic mass is 10.1. The molecule has 132 valence electrons. The lowest BCUT2D eigenvalue weighted by Gasteiger charge is -2.09. The third kappa shape index (κ3) is 4.60. The Morgan fingerprint density at radius 1 is 1.00 bits per heavy atom. The normalized spacial score (nSPS) is 10.2. The lowest BCUT2D eigenvalue weighted by Crippen LogP contribution is -2.12. The maximum absolute atomic E-state index is 12.4. The molecule has 2 N–H and O–H groups in total. The molecule has 5 nitrogen and oxygen atoms in total. The van der Waals surface area contributed by atoms with Gasteiger partial charge in [-0.1, -0.05) is 29.8 Å². The van der Waals surface area contributed by atoms with E-state index in [1.54, 1.807) is 49.8 Å². The molecule has 0 radical (unpaired) electrons. The summed E-state index contributed by atoms with van der Waals surface area (Å²) >= 11 is 0. The van der Waals surface area contributed by atoms with Crippen molar-refractivity contribution < 1.29 is 9.53 Å². The molecule has 0 atom stereocenters. The van der Waals surface area contributed by atoms with Gasteiger partial charge in [0.15, 0.2) is 0 Å². The number of nitrogens with one attached hydrogen (secondary N) is 2. The molecule has 0 aliphatic carbocycles. The number of ether oxygens (including phenoxy) is 1. The number of nitrogens with zero attached hydrogens (tertiary/aromatic N) is 1. The van der Waals surface area contributed by atoms with E-state index in [4.69, 9.17) is 4.74 Å². The predicted molar refractivity (Wildman–Crippen MR) is 104 cm³/mol. The fourth-order valence-electron chi connectivity index (χ4n) is 2.45. The van der Waals surface area contributed by atoms with E-state index in [-0.39, 0.29) is 5.91 Å². The first-order valence-electron chi connectivity index (χ1n) is 8.34. The van der Waals surface area contributed by atoms with Crippen LogP contribution in [0.3, 0.4) is 0 Å². The molecule has 0 saturated heterocycles. The monoisotopic (exact) mass is 347 g/mol. The second kappa shape index (κ2) is 8.16. The van der Waals surface area contributed by atoms with Crippen LogP contribution in [0.15, 0.2) is 67.0 Å². The average molecular weight is 347 g/mol. The number of aromatic nitrogens is 1. The fraction of sp³-hybridized carbons (Fsp3) is 0.143. The Kier molecular flexibility index (Phi) is 5.49.